The van der Waals surface area contributed by atoms with Gasteiger partial charge in [0, 0.05) is 24.5 Å². The van der Waals surface area contributed by atoms with Crippen molar-refractivity contribution in [2.75, 3.05) is 5.32 Å². The van der Waals surface area contributed by atoms with Crippen LogP contribution in [-0.4, -0.2) is 9.49 Å². The highest BCUT2D eigenvalue weighted by molar-refractivity contribution is 5.62. The Morgan fingerprint density at radius 1 is 1.35 bits per heavy atom. The monoisotopic (exact) mass is 277 g/mol. The number of aromatic nitrogens is 1. The van der Waals surface area contributed by atoms with Crippen LogP contribution in [0.2, 0.25) is 0 Å². The number of nitro groups is 1. The Morgan fingerprint density at radius 3 is 2.85 bits per heavy atom. The van der Waals surface area contributed by atoms with Gasteiger partial charge in [0.15, 0.2) is 5.82 Å². The van der Waals surface area contributed by atoms with E-state index in [2.05, 4.69) is 12.2 Å². The Morgan fingerprint density at radius 2 is 2.15 bits per heavy atom. The van der Waals surface area contributed by atoms with E-state index < -0.39 is 10.7 Å². The maximum atomic E-state index is 13.7. The van der Waals surface area contributed by atoms with Crippen molar-refractivity contribution in [2.24, 2.45) is 0 Å². The smallest absolute Gasteiger partial charge is 0.295 e. The van der Waals surface area contributed by atoms with E-state index in [1.165, 1.54) is 18.2 Å². The lowest BCUT2D eigenvalue weighted by Gasteiger charge is -2.11. The number of benzene rings is 1. The molecule has 1 aromatic heterocycles. The largest absolute Gasteiger partial charge is 0.372 e. The van der Waals surface area contributed by atoms with Crippen molar-refractivity contribution in [1.82, 2.24) is 4.57 Å². The maximum absolute atomic E-state index is 13.7. The Balaban J connectivity index is 2.18. The van der Waals surface area contributed by atoms with E-state index in [-0.39, 0.29) is 11.4 Å². The summed E-state index contributed by atoms with van der Waals surface area (Å²) >= 11 is 0. The highest BCUT2D eigenvalue weighted by Gasteiger charge is 2.17. The summed E-state index contributed by atoms with van der Waals surface area (Å²) < 4.78 is 15.8. The van der Waals surface area contributed by atoms with E-state index >= 15 is 0 Å². The van der Waals surface area contributed by atoms with Gasteiger partial charge in [0.1, 0.15) is 5.69 Å². The van der Waals surface area contributed by atoms with Gasteiger partial charge in [0.05, 0.1) is 11.5 Å². The van der Waals surface area contributed by atoms with E-state index in [9.17, 15) is 14.5 Å². The fraction of sp³-hybridized carbons (Fsp3) is 0.286. The van der Waals surface area contributed by atoms with Crippen LogP contribution >= 0.6 is 0 Å². The van der Waals surface area contributed by atoms with Crippen LogP contribution in [-0.2, 0) is 13.1 Å². The number of rotatable bonds is 6. The van der Waals surface area contributed by atoms with Crippen LogP contribution in [0.3, 0.4) is 0 Å². The zero-order valence-corrected chi connectivity index (χ0v) is 11.2. The summed E-state index contributed by atoms with van der Waals surface area (Å²) in [6.45, 7) is 3.27. The minimum absolute atomic E-state index is 0.0678. The Labute approximate surface area is 116 Å². The standard InChI is InChI=1S/C14H16FN3O2/c1-2-8-17-9-4-5-11(17)10-16-14-12(15)6-3-7-13(14)18(19)20/h3-7,9,16H,2,8,10H2,1H3. The van der Waals surface area contributed by atoms with Gasteiger partial charge in [0.25, 0.3) is 5.69 Å². The minimum Gasteiger partial charge on any atom is -0.372 e. The zero-order valence-electron chi connectivity index (χ0n) is 11.2. The normalized spacial score (nSPS) is 10.5. The van der Waals surface area contributed by atoms with Crippen molar-refractivity contribution in [2.45, 2.75) is 26.4 Å². The van der Waals surface area contributed by atoms with E-state index in [0.717, 1.165) is 18.7 Å². The van der Waals surface area contributed by atoms with Crippen LogP contribution in [0.25, 0.3) is 0 Å². The van der Waals surface area contributed by atoms with E-state index in [1.807, 2.05) is 22.9 Å². The van der Waals surface area contributed by atoms with Gasteiger partial charge < -0.3 is 9.88 Å². The molecular weight excluding hydrogens is 261 g/mol. The molecule has 0 saturated heterocycles. The van der Waals surface area contributed by atoms with Crippen LogP contribution < -0.4 is 5.32 Å². The molecule has 0 aliphatic rings. The minimum atomic E-state index is -0.618. The molecule has 0 unspecified atom stereocenters. The van der Waals surface area contributed by atoms with Gasteiger partial charge in [-0.3, -0.25) is 10.1 Å². The lowest BCUT2D eigenvalue weighted by atomic mass is 10.2. The first-order valence-corrected chi connectivity index (χ1v) is 6.44. The van der Waals surface area contributed by atoms with Crippen LogP contribution in [0.1, 0.15) is 19.0 Å². The van der Waals surface area contributed by atoms with Crippen LogP contribution in [0.5, 0.6) is 0 Å². The molecule has 1 aromatic carbocycles. The van der Waals surface area contributed by atoms with Gasteiger partial charge in [-0.15, -0.1) is 0 Å². The quantitative estimate of drug-likeness (QED) is 0.648. The molecule has 0 radical (unpaired) electrons. The number of anilines is 1. The Hall–Kier alpha value is -2.37. The molecule has 6 heteroatoms. The maximum Gasteiger partial charge on any atom is 0.295 e. The summed E-state index contributed by atoms with van der Waals surface area (Å²) in [5, 5.41) is 13.7. The summed E-state index contributed by atoms with van der Waals surface area (Å²) in [7, 11) is 0. The van der Waals surface area contributed by atoms with Crippen molar-refractivity contribution < 1.29 is 9.31 Å². The molecule has 0 spiro atoms. The highest BCUT2D eigenvalue weighted by atomic mass is 19.1. The first-order valence-electron chi connectivity index (χ1n) is 6.44. The van der Waals surface area contributed by atoms with Gasteiger partial charge in [-0.25, -0.2) is 4.39 Å². The van der Waals surface area contributed by atoms with Gasteiger partial charge in [0.2, 0.25) is 0 Å². The van der Waals surface area contributed by atoms with Crippen LogP contribution in [0, 0.1) is 15.9 Å². The Kier molecular flexibility index (Phi) is 4.34. The molecule has 0 aliphatic heterocycles. The average Bonchev–Trinajstić information content (AvgIpc) is 2.85. The second-order valence-electron chi connectivity index (χ2n) is 4.44. The molecule has 0 bridgehead atoms. The predicted octanol–water partition coefficient (Wildman–Crippen LogP) is 3.56. The second kappa shape index (κ2) is 6.18. The second-order valence-corrected chi connectivity index (χ2v) is 4.44. The number of nitro benzene ring substituents is 1. The van der Waals surface area contributed by atoms with Gasteiger partial charge in [-0.1, -0.05) is 13.0 Å². The molecule has 0 atom stereocenters. The predicted molar refractivity (Wildman–Crippen MR) is 75.1 cm³/mol. The van der Waals surface area contributed by atoms with Crippen LogP contribution in [0.15, 0.2) is 36.5 Å². The summed E-state index contributed by atoms with van der Waals surface area (Å²) in [6.07, 6.45) is 2.93. The van der Waals surface area contributed by atoms with E-state index in [0.29, 0.717) is 6.54 Å². The lowest BCUT2D eigenvalue weighted by Crippen LogP contribution is -2.09. The molecule has 106 valence electrons. The third-order valence-corrected chi connectivity index (χ3v) is 3.02. The van der Waals surface area contributed by atoms with Crippen molar-refractivity contribution in [3.05, 3.63) is 58.2 Å². The zero-order chi connectivity index (χ0) is 14.5. The lowest BCUT2D eigenvalue weighted by molar-refractivity contribution is -0.384. The Bertz CT molecular complexity index is 610. The fourth-order valence-corrected chi connectivity index (χ4v) is 2.09. The fourth-order valence-electron chi connectivity index (χ4n) is 2.09. The average molecular weight is 277 g/mol. The van der Waals surface area contributed by atoms with E-state index in [4.69, 9.17) is 0 Å². The number of halogens is 1. The van der Waals surface area contributed by atoms with Crippen molar-refractivity contribution in [1.29, 1.82) is 0 Å². The topological polar surface area (TPSA) is 60.1 Å². The summed E-state index contributed by atoms with van der Waals surface area (Å²) in [6, 6.07) is 7.65. The van der Waals surface area contributed by atoms with Gasteiger partial charge in [-0.05, 0) is 24.6 Å². The van der Waals surface area contributed by atoms with Crippen LogP contribution in [0.4, 0.5) is 15.8 Å². The molecule has 20 heavy (non-hydrogen) atoms. The highest BCUT2D eigenvalue weighted by Crippen LogP contribution is 2.27. The number of aryl methyl sites for hydroxylation is 1. The number of hydrogen-bond acceptors (Lipinski definition) is 3. The molecule has 0 amide bonds. The molecule has 1 N–H and O–H groups in total. The molecule has 2 rings (SSSR count). The van der Waals surface area contributed by atoms with E-state index in [1.54, 1.807) is 0 Å². The number of para-hydroxylation sites is 1. The molecule has 1 heterocycles. The van der Waals surface area contributed by atoms with Crippen molar-refractivity contribution in [3.8, 4) is 0 Å². The molecule has 0 fully saturated rings. The van der Waals surface area contributed by atoms with Gasteiger partial charge in [-0.2, -0.15) is 0 Å². The number of nitrogens with zero attached hydrogens (tertiary/aromatic N) is 2. The molecule has 2 aromatic rings. The third kappa shape index (κ3) is 2.96. The molecule has 0 aliphatic carbocycles. The van der Waals surface area contributed by atoms with Crippen molar-refractivity contribution >= 4 is 11.4 Å². The molecular formula is C14H16FN3O2. The summed E-state index contributed by atoms with van der Waals surface area (Å²) in [5.41, 5.74) is 0.643. The first kappa shape index (κ1) is 14.0. The summed E-state index contributed by atoms with van der Waals surface area (Å²) in [5.74, 6) is -0.618. The SMILES string of the molecule is CCCn1cccc1CNc1c(F)cccc1[N+](=O)[O-]. The van der Waals surface area contributed by atoms with Gasteiger partial charge >= 0.3 is 0 Å². The summed E-state index contributed by atoms with van der Waals surface area (Å²) in [4.78, 5) is 10.3. The molecule has 0 saturated carbocycles. The first-order chi connectivity index (χ1) is 9.63. The molecule has 5 nitrogen and oxygen atoms in total. The third-order valence-electron chi connectivity index (χ3n) is 3.02. The number of hydrogen-bond donors (Lipinski definition) is 1. The van der Waals surface area contributed by atoms with Crippen molar-refractivity contribution in [3.63, 3.8) is 0 Å². The number of nitrogens with one attached hydrogen (secondary N) is 1.